The summed E-state index contributed by atoms with van der Waals surface area (Å²) in [6, 6.07) is 0. The maximum Gasteiger partial charge on any atom is 0.337 e. The van der Waals surface area contributed by atoms with Crippen molar-refractivity contribution in [1.29, 1.82) is 0 Å². The van der Waals surface area contributed by atoms with Gasteiger partial charge in [0.1, 0.15) is 24.4 Å². The summed E-state index contributed by atoms with van der Waals surface area (Å²) in [7, 11) is 2.87. The second-order valence-corrected chi connectivity index (χ2v) is 10.1. The summed E-state index contributed by atoms with van der Waals surface area (Å²) >= 11 is 0. The van der Waals surface area contributed by atoms with Gasteiger partial charge in [0, 0.05) is 13.0 Å². The summed E-state index contributed by atoms with van der Waals surface area (Å²) in [5.74, 6) is -2.90. The Bertz CT molecular complexity index is 848. The molecule has 4 aliphatic rings. The van der Waals surface area contributed by atoms with Gasteiger partial charge < -0.3 is 48.1 Å². The highest BCUT2D eigenvalue weighted by Crippen LogP contribution is 2.45. The number of aliphatic hydroxyl groups is 2. The zero-order valence-corrected chi connectivity index (χ0v) is 21.0. The standard InChI is InChI=1S/C24H36O11/c1-23(2,29-6)31-9-12-7-8-13-14(20(27)28-5)10-30-21(16(12)13)34-22-18(26)17(25)19-15(33-22)11-32-24(3,4)35-19/h7,10,13,15-19,21-22,25-26H,8-9,11H2,1-6H3/t13-,15-,16-,17-,18-,19-,21+,22+/m1/s1. The van der Waals surface area contributed by atoms with Gasteiger partial charge in [0.25, 0.3) is 0 Å². The predicted molar refractivity (Wildman–Crippen MR) is 118 cm³/mol. The normalized spacial score (nSPS) is 38.5. The molecule has 11 heteroatoms. The highest BCUT2D eigenvalue weighted by atomic mass is 16.8. The van der Waals surface area contributed by atoms with E-state index in [1.807, 2.05) is 6.08 Å². The molecule has 0 aromatic rings. The number of carbonyl (C=O) groups is 1. The van der Waals surface area contributed by atoms with Gasteiger partial charge in [0.2, 0.25) is 6.29 Å². The molecule has 0 aromatic carbocycles. The van der Waals surface area contributed by atoms with Crippen LogP contribution in [0.2, 0.25) is 0 Å². The Labute approximate surface area is 204 Å². The van der Waals surface area contributed by atoms with Crippen molar-refractivity contribution < 1.29 is 52.9 Å². The van der Waals surface area contributed by atoms with Crippen LogP contribution in [0.25, 0.3) is 0 Å². The third kappa shape index (κ3) is 5.42. The van der Waals surface area contributed by atoms with Crippen LogP contribution in [0, 0.1) is 11.8 Å². The van der Waals surface area contributed by atoms with E-state index in [9.17, 15) is 15.0 Å². The molecule has 0 spiro atoms. The molecule has 4 rings (SSSR count). The fourth-order valence-electron chi connectivity index (χ4n) is 4.80. The lowest BCUT2D eigenvalue weighted by molar-refractivity contribution is -0.396. The Kier molecular flexibility index (Phi) is 7.61. The SMILES string of the molecule is COC(=O)C1=CO[C@@H](O[C@@H]2O[C@@H]3COC(C)(C)O[C@H]3[C@H](O)[C@H]2O)[C@@H]2C(COC(C)(C)OC)=CC[C@H]12. The molecule has 11 nitrogen and oxygen atoms in total. The number of esters is 1. The van der Waals surface area contributed by atoms with Crippen LogP contribution in [0.3, 0.4) is 0 Å². The van der Waals surface area contributed by atoms with Crippen molar-refractivity contribution in [2.75, 3.05) is 27.4 Å². The van der Waals surface area contributed by atoms with Gasteiger partial charge in [0.15, 0.2) is 17.9 Å². The average molecular weight is 501 g/mol. The molecule has 3 aliphatic heterocycles. The summed E-state index contributed by atoms with van der Waals surface area (Å²) in [6.07, 6.45) is -2.32. The molecule has 8 atom stereocenters. The first-order valence-corrected chi connectivity index (χ1v) is 11.8. The van der Waals surface area contributed by atoms with E-state index in [0.717, 1.165) is 5.57 Å². The van der Waals surface area contributed by atoms with Crippen molar-refractivity contribution in [3.8, 4) is 0 Å². The number of rotatable bonds is 7. The Morgan fingerprint density at radius 3 is 2.63 bits per heavy atom. The molecular formula is C24H36O11. The number of hydrogen-bond donors (Lipinski definition) is 2. The topological polar surface area (TPSA) is 131 Å². The average Bonchev–Trinajstić information content (AvgIpc) is 3.25. The Morgan fingerprint density at radius 2 is 1.94 bits per heavy atom. The van der Waals surface area contributed by atoms with Crippen LogP contribution in [0.5, 0.6) is 0 Å². The smallest absolute Gasteiger partial charge is 0.337 e. The molecule has 3 heterocycles. The Hall–Kier alpha value is -1.57. The molecule has 198 valence electrons. The van der Waals surface area contributed by atoms with Gasteiger partial charge in [-0.3, -0.25) is 0 Å². The van der Waals surface area contributed by atoms with Crippen molar-refractivity contribution in [1.82, 2.24) is 0 Å². The largest absolute Gasteiger partial charge is 0.471 e. The van der Waals surface area contributed by atoms with E-state index in [4.69, 9.17) is 37.9 Å². The van der Waals surface area contributed by atoms with Gasteiger partial charge in [0.05, 0.1) is 38.1 Å². The van der Waals surface area contributed by atoms with Crippen LogP contribution in [-0.2, 0) is 42.7 Å². The number of allylic oxidation sites excluding steroid dienone is 1. The first-order valence-electron chi connectivity index (χ1n) is 11.8. The maximum absolute atomic E-state index is 12.4. The molecular weight excluding hydrogens is 464 g/mol. The lowest BCUT2D eigenvalue weighted by atomic mass is 9.83. The zero-order chi connectivity index (χ0) is 25.5. The molecule has 0 saturated carbocycles. The summed E-state index contributed by atoms with van der Waals surface area (Å²) in [5, 5.41) is 21.5. The molecule has 0 unspecified atom stereocenters. The number of ether oxygens (including phenoxy) is 8. The van der Waals surface area contributed by atoms with E-state index in [2.05, 4.69) is 0 Å². The summed E-state index contributed by atoms with van der Waals surface area (Å²) in [5.41, 5.74) is 1.24. The lowest BCUT2D eigenvalue weighted by Crippen LogP contribution is -2.65. The first kappa shape index (κ1) is 26.5. The van der Waals surface area contributed by atoms with Crippen molar-refractivity contribution in [3.63, 3.8) is 0 Å². The van der Waals surface area contributed by atoms with Gasteiger partial charge in [-0.2, -0.15) is 0 Å². The third-order valence-corrected chi connectivity index (χ3v) is 6.94. The highest BCUT2D eigenvalue weighted by molar-refractivity contribution is 5.89. The fraction of sp³-hybridized carbons (Fsp3) is 0.792. The Morgan fingerprint density at radius 1 is 1.20 bits per heavy atom. The molecule has 35 heavy (non-hydrogen) atoms. The minimum Gasteiger partial charge on any atom is -0.471 e. The number of hydrogen-bond acceptors (Lipinski definition) is 11. The minimum absolute atomic E-state index is 0.163. The lowest BCUT2D eigenvalue weighted by Gasteiger charge is -2.49. The number of methoxy groups -OCH3 is 2. The van der Waals surface area contributed by atoms with E-state index >= 15 is 0 Å². The molecule has 0 bridgehead atoms. The van der Waals surface area contributed by atoms with Crippen LogP contribution >= 0.6 is 0 Å². The third-order valence-electron chi connectivity index (χ3n) is 6.94. The summed E-state index contributed by atoms with van der Waals surface area (Å²) < 4.78 is 45.4. The van der Waals surface area contributed by atoms with Gasteiger partial charge in [-0.05, 0) is 39.7 Å². The quantitative estimate of drug-likeness (QED) is 0.295. The minimum atomic E-state index is -1.39. The predicted octanol–water partition coefficient (Wildman–Crippen LogP) is 0.976. The summed E-state index contributed by atoms with van der Waals surface area (Å²) in [6.45, 7) is 7.43. The fourth-order valence-corrected chi connectivity index (χ4v) is 4.80. The molecule has 2 N–H and O–H groups in total. The highest BCUT2D eigenvalue weighted by Gasteiger charge is 2.53. The molecule has 2 saturated heterocycles. The number of fused-ring (bicyclic) bond motifs is 2. The van der Waals surface area contributed by atoms with Crippen molar-refractivity contribution in [3.05, 3.63) is 23.5 Å². The molecule has 1 aliphatic carbocycles. The summed E-state index contributed by atoms with van der Waals surface area (Å²) in [4.78, 5) is 12.4. The van der Waals surface area contributed by atoms with Crippen molar-refractivity contribution in [2.24, 2.45) is 11.8 Å². The second-order valence-electron chi connectivity index (χ2n) is 10.1. The van der Waals surface area contributed by atoms with Crippen molar-refractivity contribution >= 4 is 5.97 Å². The van der Waals surface area contributed by atoms with Gasteiger partial charge >= 0.3 is 5.97 Å². The van der Waals surface area contributed by atoms with E-state index in [0.29, 0.717) is 12.0 Å². The number of carbonyl (C=O) groups excluding carboxylic acids is 1. The first-order chi connectivity index (χ1) is 16.5. The van der Waals surface area contributed by atoms with Crippen molar-refractivity contribution in [2.45, 2.75) is 82.7 Å². The van der Waals surface area contributed by atoms with Crippen LogP contribution in [0.15, 0.2) is 23.5 Å². The van der Waals surface area contributed by atoms with Gasteiger partial charge in [-0.1, -0.05) is 6.08 Å². The Balaban J connectivity index is 1.52. The van der Waals surface area contributed by atoms with E-state index < -0.39 is 60.5 Å². The van der Waals surface area contributed by atoms with E-state index in [-0.39, 0.29) is 19.1 Å². The van der Waals surface area contributed by atoms with Crippen LogP contribution in [-0.4, -0.2) is 92.2 Å². The number of aliphatic hydroxyl groups excluding tert-OH is 2. The molecule has 0 aromatic heterocycles. The second kappa shape index (κ2) is 10.1. The zero-order valence-electron chi connectivity index (χ0n) is 21.0. The monoisotopic (exact) mass is 500 g/mol. The van der Waals surface area contributed by atoms with Gasteiger partial charge in [-0.15, -0.1) is 0 Å². The molecule has 2 fully saturated rings. The van der Waals surface area contributed by atoms with E-state index in [1.165, 1.54) is 13.4 Å². The molecule has 0 amide bonds. The molecule has 0 radical (unpaired) electrons. The van der Waals surface area contributed by atoms with E-state index in [1.54, 1.807) is 34.8 Å². The van der Waals surface area contributed by atoms with Gasteiger partial charge in [-0.25, -0.2) is 4.79 Å². The van der Waals surface area contributed by atoms with Crippen LogP contribution < -0.4 is 0 Å². The van der Waals surface area contributed by atoms with Crippen LogP contribution in [0.1, 0.15) is 34.1 Å². The maximum atomic E-state index is 12.4. The van der Waals surface area contributed by atoms with Crippen LogP contribution in [0.4, 0.5) is 0 Å².